The van der Waals surface area contributed by atoms with E-state index in [0.29, 0.717) is 29.4 Å². The molecule has 1 unspecified atom stereocenters. The van der Waals surface area contributed by atoms with Crippen molar-refractivity contribution in [1.82, 2.24) is 19.8 Å². The lowest BCUT2D eigenvalue weighted by Gasteiger charge is -2.21. The molecule has 1 aromatic rings. The number of nitrogens with one attached hydrogen (secondary N) is 2. The Hall–Kier alpha value is -0.920. The van der Waals surface area contributed by atoms with Crippen LogP contribution in [0.25, 0.3) is 0 Å². The maximum Gasteiger partial charge on any atom is 0.247 e. The number of sulfonamides is 1. The molecule has 0 bridgehead atoms. The summed E-state index contributed by atoms with van der Waals surface area (Å²) in [5.74, 6) is 0. The van der Waals surface area contributed by atoms with Crippen LogP contribution in [0.2, 0.25) is 0 Å². The predicted molar refractivity (Wildman–Crippen MR) is 77.9 cm³/mol. The van der Waals surface area contributed by atoms with Crippen LogP contribution in [-0.4, -0.2) is 41.5 Å². The van der Waals surface area contributed by atoms with Crippen molar-refractivity contribution in [2.75, 3.05) is 6.54 Å². The molecule has 2 heterocycles. The molecule has 114 valence electrons. The first-order valence-electron chi connectivity index (χ1n) is 7.13. The minimum Gasteiger partial charge on any atom is -0.309 e. The van der Waals surface area contributed by atoms with Crippen LogP contribution < -0.4 is 5.32 Å². The second-order valence-electron chi connectivity index (χ2n) is 5.77. The lowest BCUT2D eigenvalue weighted by molar-refractivity contribution is 0.407. The Balaban J connectivity index is 2.33. The molecule has 0 radical (unpaired) electrons. The van der Waals surface area contributed by atoms with Gasteiger partial charge in [-0.15, -0.1) is 0 Å². The Morgan fingerprint density at radius 1 is 1.50 bits per heavy atom. The van der Waals surface area contributed by atoms with Gasteiger partial charge < -0.3 is 5.32 Å². The Morgan fingerprint density at radius 2 is 2.20 bits per heavy atom. The largest absolute Gasteiger partial charge is 0.309 e. The van der Waals surface area contributed by atoms with Crippen molar-refractivity contribution < 1.29 is 8.42 Å². The molecule has 6 nitrogen and oxygen atoms in total. The molecular weight excluding hydrogens is 276 g/mol. The van der Waals surface area contributed by atoms with Crippen LogP contribution in [0.1, 0.15) is 45.0 Å². The van der Waals surface area contributed by atoms with Gasteiger partial charge in [0.05, 0.1) is 11.4 Å². The second-order valence-corrected chi connectivity index (χ2v) is 7.59. The van der Waals surface area contributed by atoms with Gasteiger partial charge in [0, 0.05) is 25.2 Å². The maximum absolute atomic E-state index is 12.8. The summed E-state index contributed by atoms with van der Waals surface area (Å²) in [5.41, 5.74) is 1.19. The first-order valence-corrected chi connectivity index (χ1v) is 8.57. The molecule has 20 heavy (non-hydrogen) atoms. The SMILES string of the molecule is Cc1[nH]nc(CNC(C)C)c1S(=O)(=O)N1CCCC1C. The number of hydrogen-bond donors (Lipinski definition) is 2. The molecule has 1 aliphatic rings. The number of H-pyrrole nitrogens is 1. The number of aromatic amines is 1. The van der Waals surface area contributed by atoms with Crippen molar-refractivity contribution in [2.24, 2.45) is 0 Å². The minimum absolute atomic E-state index is 0.0696. The Labute approximate surface area is 121 Å². The van der Waals surface area contributed by atoms with E-state index in [1.54, 1.807) is 11.2 Å². The summed E-state index contributed by atoms with van der Waals surface area (Å²) in [7, 11) is -3.45. The van der Waals surface area contributed by atoms with Crippen LogP contribution in [0.5, 0.6) is 0 Å². The number of nitrogens with zero attached hydrogens (tertiary/aromatic N) is 2. The van der Waals surface area contributed by atoms with Crippen LogP contribution in [0.15, 0.2) is 4.90 Å². The van der Waals surface area contributed by atoms with E-state index in [0.717, 1.165) is 12.8 Å². The summed E-state index contributed by atoms with van der Waals surface area (Å²) >= 11 is 0. The molecule has 0 aliphatic carbocycles. The highest BCUT2D eigenvalue weighted by atomic mass is 32.2. The van der Waals surface area contributed by atoms with E-state index >= 15 is 0 Å². The summed E-state index contributed by atoms with van der Waals surface area (Å²) in [5, 5.41) is 10.2. The molecule has 1 saturated heterocycles. The van der Waals surface area contributed by atoms with E-state index in [-0.39, 0.29) is 12.1 Å². The monoisotopic (exact) mass is 300 g/mol. The van der Waals surface area contributed by atoms with Gasteiger partial charge in [-0.1, -0.05) is 13.8 Å². The van der Waals surface area contributed by atoms with Crippen molar-refractivity contribution in [3.8, 4) is 0 Å². The minimum atomic E-state index is -3.45. The fourth-order valence-electron chi connectivity index (χ4n) is 2.61. The highest BCUT2D eigenvalue weighted by Crippen LogP contribution is 2.28. The first kappa shape index (κ1) is 15.5. The smallest absolute Gasteiger partial charge is 0.247 e. The summed E-state index contributed by atoms with van der Waals surface area (Å²) < 4.78 is 27.3. The van der Waals surface area contributed by atoms with Gasteiger partial charge in [0.25, 0.3) is 0 Å². The van der Waals surface area contributed by atoms with Gasteiger partial charge in [0.15, 0.2) is 0 Å². The number of hydrogen-bond acceptors (Lipinski definition) is 4. The molecule has 1 atom stereocenters. The lowest BCUT2D eigenvalue weighted by Crippen LogP contribution is -2.35. The molecule has 1 fully saturated rings. The number of rotatable bonds is 5. The van der Waals surface area contributed by atoms with Crippen molar-refractivity contribution in [3.63, 3.8) is 0 Å². The molecule has 2 N–H and O–H groups in total. The van der Waals surface area contributed by atoms with E-state index in [2.05, 4.69) is 15.5 Å². The van der Waals surface area contributed by atoms with Crippen molar-refractivity contribution in [3.05, 3.63) is 11.4 Å². The Kier molecular flexibility index (Phi) is 4.51. The van der Waals surface area contributed by atoms with E-state index in [4.69, 9.17) is 0 Å². The topological polar surface area (TPSA) is 78.1 Å². The molecule has 0 aromatic carbocycles. The molecule has 0 amide bonds. The zero-order valence-electron chi connectivity index (χ0n) is 12.6. The van der Waals surface area contributed by atoms with Gasteiger partial charge in [-0.25, -0.2) is 8.42 Å². The normalized spacial score (nSPS) is 20.9. The molecule has 7 heteroatoms. The van der Waals surface area contributed by atoms with Crippen molar-refractivity contribution in [1.29, 1.82) is 0 Å². The fourth-order valence-corrected chi connectivity index (χ4v) is 4.64. The second kappa shape index (κ2) is 5.83. The fraction of sp³-hybridized carbons (Fsp3) is 0.769. The quantitative estimate of drug-likeness (QED) is 0.861. The maximum atomic E-state index is 12.8. The van der Waals surface area contributed by atoms with E-state index in [9.17, 15) is 8.42 Å². The highest BCUT2D eigenvalue weighted by molar-refractivity contribution is 7.89. The molecule has 2 rings (SSSR count). The summed E-state index contributed by atoms with van der Waals surface area (Å²) in [4.78, 5) is 0.347. The predicted octanol–water partition coefficient (Wildman–Crippen LogP) is 1.39. The van der Waals surface area contributed by atoms with Crippen LogP contribution >= 0.6 is 0 Å². The van der Waals surface area contributed by atoms with Crippen LogP contribution in [0.3, 0.4) is 0 Å². The van der Waals surface area contributed by atoms with E-state index in [1.807, 2.05) is 20.8 Å². The lowest BCUT2D eigenvalue weighted by atomic mass is 10.3. The van der Waals surface area contributed by atoms with Gasteiger partial charge in [-0.05, 0) is 26.7 Å². The van der Waals surface area contributed by atoms with Crippen molar-refractivity contribution >= 4 is 10.0 Å². The summed E-state index contributed by atoms with van der Waals surface area (Å²) in [6.45, 7) is 8.84. The Bertz CT molecular complexity index is 565. The molecule has 1 aliphatic heterocycles. The third-order valence-electron chi connectivity index (χ3n) is 3.70. The molecule has 1 aromatic heterocycles. The average molecular weight is 300 g/mol. The van der Waals surface area contributed by atoms with E-state index < -0.39 is 10.0 Å². The van der Waals surface area contributed by atoms with Crippen molar-refractivity contribution in [2.45, 2.75) is 64.1 Å². The van der Waals surface area contributed by atoms with Gasteiger partial charge in [0.2, 0.25) is 10.0 Å². The van der Waals surface area contributed by atoms with Crippen LogP contribution in [0.4, 0.5) is 0 Å². The van der Waals surface area contributed by atoms with Crippen LogP contribution in [0, 0.1) is 6.92 Å². The molecule has 0 spiro atoms. The van der Waals surface area contributed by atoms with Gasteiger partial charge in [0.1, 0.15) is 4.90 Å². The van der Waals surface area contributed by atoms with Gasteiger partial charge in [-0.3, -0.25) is 5.10 Å². The highest BCUT2D eigenvalue weighted by Gasteiger charge is 2.36. The van der Waals surface area contributed by atoms with Gasteiger partial charge in [-0.2, -0.15) is 9.40 Å². The first-order chi connectivity index (χ1) is 9.34. The number of aromatic nitrogens is 2. The third-order valence-corrected chi connectivity index (χ3v) is 5.92. The standard InChI is InChI=1S/C13H24N4O2S/c1-9(2)14-8-12-13(11(4)15-16-12)20(18,19)17-7-5-6-10(17)3/h9-10,14H,5-8H2,1-4H3,(H,15,16). The molecule has 0 saturated carbocycles. The van der Waals surface area contributed by atoms with E-state index in [1.165, 1.54) is 0 Å². The zero-order valence-corrected chi connectivity index (χ0v) is 13.4. The van der Waals surface area contributed by atoms with Gasteiger partial charge >= 0.3 is 0 Å². The molecular formula is C13H24N4O2S. The Morgan fingerprint density at radius 3 is 2.75 bits per heavy atom. The summed E-state index contributed by atoms with van der Waals surface area (Å²) in [6.07, 6.45) is 1.85. The summed E-state index contributed by atoms with van der Waals surface area (Å²) in [6, 6.07) is 0.355. The average Bonchev–Trinajstić information content (AvgIpc) is 2.93. The van der Waals surface area contributed by atoms with Crippen LogP contribution in [-0.2, 0) is 16.6 Å². The third kappa shape index (κ3) is 2.89. The zero-order chi connectivity index (χ0) is 14.9. The number of aryl methyl sites for hydroxylation is 1.